The Balaban J connectivity index is 2.18. The van der Waals surface area contributed by atoms with Crippen LogP contribution in [0, 0.1) is 0 Å². The number of carbonyl (C=O) groups is 6. The van der Waals surface area contributed by atoms with Gasteiger partial charge in [0, 0.05) is 0 Å². The summed E-state index contributed by atoms with van der Waals surface area (Å²) in [6.07, 6.45) is 57.2. The van der Waals surface area contributed by atoms with Crippen molar-refractivity contribution in [3.05, 3.63) is 36.5 Å². The molecule has 2 saturated heterocycles. The predicted octanol–water partition coefficient (Wildman–Crippen LogP) is 19.4. The van der Waals surface area contributed by atoms with Crippen LogP contribution >= 0.6 is 0 Å². The van der Waals surface area contributed by atoms with E-state index in [4.69, 9.17) is 18.4 Å². The molecule has 526 valence electrons. The van der Waals surface area contributed by atoms with Crippen molar-refractivity contribution in [3.63, 3.8) is 0 Å². The van der Waals surface area contributed by atoms with Gasteiger partial charge in [-0.25, -0.2) is 0 Å². The Morgan fingerprint density at radius 1 is 0.396 bits per heavy atom. The van der Waals surface area contributed by atoms with Gasteiger partial charge >= 0.3 is 394 Å². The Morgan fingerprint density at radius 3 is 0.989 bits per heavy atom. The first-order valence-electron chi connectivity index (χ1n) is 37.5. The van der Waals surface area contributed by atoms with Gasteiger partial charge in [-0.05, 0) is 38.5 Å². The molecule has 0 aliphatic carbocycles. The third kappa shape index (κ3) is 39.4. The van der Waals surface area contributed by atoms with Crippen molar-refractivity contribution in [1.82, 2.24) is 0 Å². The van der Waals surface area contributed by atoms with E-state index in [2.05, 4.69) is 57.2 Å². The molecule has 5 unspecified atom stereocenters. The van der Waals surface area contributed by atoms with E-state index in [1.165, 1.54) is 116 Å². The average Bonchev–Trinajstić information content (AvgIpc) is 1.89. The van der Waals surface area contributed by atoms with Gasteiger partial charge in [0.15, 0.2) is 0 Å². The van der Waals surface area contributed by atoms with Crippen LogP contribution in [0.2, 0.25) is 8.87 Å². The molecule has 0 spiro atoms. The van der Waals surface area contributed by atoms with E-state index in [-0.39, 0.29) is 34.6 Å². The van der Waals surface area contributed by atoms with Crippen molar-refractivity contribution in [2.75, 3.05) is 0 Å². The SMILES string of the molecule is CCCCCCCC/C=C\CCCCCCCCC1(O)CC(=O)[O][Sn]([CH2]CCC)([O]C(=O)CC(O)(CCCCCCCC/C=C\CCCCCCCC)C(=O)[O][Sn]2([CH2]CCC)[O]C(=O)CC(O)(CCCCCCCC/C=C\CCCCCCCC)C(=O)[O]2)[O]C1=O. The summed E-state index contributed by atoms with van der Waals surface area (Å²) < 4.78 is 35.5. The van der Waals surface area contributed by atoms with Crippen LogP contribution in [0.3, 0.4) is 0 Å². The van der Waals surface area contributed by atoms with E-state index < -0.39 is 111 Å². The number of carbonyl (C=O) groups excluding carboxylic acids is 6. The van der Waals surface area contributed by atoms with Crippen molar-refractivity contribution in [1.29, 1.82) is 0 Å². The zero-order chi connectivity index (χ0) is 66.6. The molecule has 5 atom stereocenters. The Morgan fingerprint density at radius 2 is 0.670 bits per heavy atom. The second-order valence-corrected chi connectivity index (χ2v) is 41.0. The molecule has 0 aromatic rings. The molecule has 0 aromatic heterocycles. The van der Waals surface area contributed by atoms with Crippen molar-refractivity contribution >= 4 is 75.1 Å². The number of rotatable bonds is 59. The van der Waals surface area contributed by atoms with Crippen molar-refractivity contribution in [2.45, 2.75) is 394 Å². The van der Waals surface area contributed by atoms with E-state index in [0.717, 1.165) is 128 Å². The third-order valence-electron chi connectivity index (χ3n) is 18.0. The molecule has 0 amide bonds. The molecule has 17 heteroatoms. The molecule has 0 radical (unpaired) electrons. The maximum atomic E-state index is 14.8. The van der Waals surface area contributed by atoms with E-state index >= 15 is 0 Å². The number of unbranched alkanes of at least 4 members (excludes halogenated alkanes) is 38. The fourth-order valence-corrected chi connectivity index (χ4v) is 26.6. The van der Waals surface area contributed by atoms with Crippen LogP contribution in [-0.2, 0) is 47.2 Å². The Labute approximate surface area is 564 Å². The maximum absolute atomic E-state index is 14.8. The van der Waals surface area contributed by atoms with E-state index in [0.29, 0.717) is 44.9 Å². The zero-order valence-electron chi connectivity index (χ0n) is 58.4. The number of hydrogen-bond acceptors (Lipinski definition) is 15. The Hall–Kier alpha value is -2.48. The molecule has 2 rings (SSSR count). The Bertz CT molecular complexity index is 2050. The first-order chi connectivity index (χ1) is 44.0. The molecule has 0 saturated carbocycles. The fourth-order valence-electron chi connectivity index (χ4n) is 12.1. The molecule has 0 aromatic carbocycles. The predicted molar refractivity (Wildman–Crippen MR) is 368 cm³/mol. The monoisotopic (exact) mass is 1500 g/mol. The van der Waals surface area contributed by atoms with Crippen LogP contribution in [0.5, 0.6) is 0 Å². The second-order valence-electron chi connectivity index (χ2n) is 26.9. The first kappa shape index (κ1) is 84.6. The van der Waals surface area contributed by atoms with E-state index in [1.807, 2.05) is 13.8 Å². The summed E-state index contributed by atoms with van der Waals surface area (Å²) in [7, 11) is 0. The van der Waals surface area contributed by atoms with Crippen LogP contribution in [0.15, 0.2) is 36.5 Å². The van der Waals surface area contributed by atoms with Gasteiger partial charge in [-0.2, -0.15) is 0 Å². The molecular weight excluding hydrogens is 1370 g/mol. The molecule has 3 N–H and O–H groups in total. The summed E-state index contributed by atoms with van der Waals surface area (Å²) in [5.74, 6) is -6.63. The van der Waals surface area contributed by atoms with Crippen LogP contribution in [0.1, 0.15) is 369 Å². The third-order valence-corrected chi connectivity index (χ3v) is 32.4. The molecule has 2 aliphatic heterocycles. The van der Waals surface area contributed by atoms with Crippen LogP contribution in [-0.4, -0.2) is 107 Å². The van der Waals surface area contributed by atoms with E-state index in [9.17, 15) is 44.1 Å². The van der Waals surface area contributed by atoms with Crippen molar-refractivity contribution < 1.29 is 62.5 Å². The van der Waals surface area contributed by atoms with Gasteiger partial charge in [0.1, 0.15) is 0 Å². The number of allylic oxidation sites excluding steroid dienone is 6. The molecular formula is C74H132O15Sn2. The zero-order valence-corrected chi connectivity index (χ0v) is 64.1. The summed E-state index contributed by atoms with van der Waals surface area (Å²) in [5.41, 5.74) is -7.05. The van der Waals surface area contributed by atoms with Crippen LogP contribution in [0.25, 0.3) is 0 Å². The Kier molecular flexibility index (Phi) is 49.0. The van der Waals surface area contributed by atoms with Gasteiger partial charge in [0.2, 0.25) is 0 Å². The second kappa shape index (κ2) is 52.7. The van der Waals surface area contributed by atoms with Gasteiger partial charge in [-0.15, -0.1) is 0 Å². The molecule has 2 heterocycles. The standard InChI is InChI=1S/3C22H40O5.2C4H9.2Sn/c3*1-2-3-4-5-6-7-8-9-10-11-12-13-14-15-16-17-18-22(27,21(25)26)19-20(23)24;2*1-3-4-2;;/h3*9-10,27H,2-8,11-19H2,1H3,(H,23,24)(H,25,26);2*1,3-4H2,2H3;;/q;;;;;2*+3/p-6/b3*10-9-;;;;. The van der Waals surface area contributed by atoms with Gasteiger partial charge in [-0.1, -0.05) is 135 Å². The number of hydrogen-bond donors (Lipinski definition) is 3. The topological polar surface area (TPSA) is 218 Å². The van der Waals surface area contributed by atoms with Gasteiger partial charge in [-0.3, -0.25) is 0 Å². The first-order valence-corrected chi connectivity index (χ1v) is 48.5. The molecule has 2 fully saturated rings. The average molecular weight is 1500 g/mol. The molecule has 15 nitrogen and oxygen atoms in total. The quantitative estimate of drug-likeness (QED) is 0.0293. The summed E-state index contributed by atoms with van der Waals surface area (Å²) >= 11 is -11.4. The summed E-state index contributed by atoms with van der Waals surface area (Å²) in [4.78, 5) is 84.5. The minimum absolute atomic E-state index is 0.0518. The van der Waals surface area contributed by atoms with Crippen molar-refractivity contribution in [2.24, 2.45) is 0 Å². The summed E-state index contributed by atoms with van der Waals surface area (Å²) in [6.45, 7) is 10.4. The van der Waals surface area contributed by atoms with E-state index in [1.54, 1.807) is 0 Å². The van der Waals surface area contributed by atoms with Crippen LogP contribution < -0.4 is 0 Å². The van der Waals surface area contributed by atoms with Gasteiger partial charge in [0.05, 0.1) is 0 Å². The minimum atomic E-state index is -5.75. The normalized spacial score (nSPS) is 21.2. The van der Waals surface area contributed by atoms with Crippen LogP contribution in [0.4, 0.5) is 0 Å². The molecule has 0 bridgehead atoms. The molecule has 91 heavy (non-hydrogen) atoms. The number of aliphatic hydroxyl groups is 3. The summed E-state index contributed by atoms with van der Waals surface area (Å²) in [5, 5.41) is 36.0. The van der Waals surface area contributed by atoms with Gasteiger partial charge in [0.25, 0.3) is 0 Å². The van der Waals surface area contributed by atoms with Gasteiger partial charge < -0.3 is 0 Å². The molecule has 2 aliphatic rings. The summed E-state index contributed by atoms with van der Waals surface area (Å²) in [6, 6.07) is 0. The fraction of sp³-hybridized carbons (Fsp3) is 0.838. The van der Waals surface area contributed by atoms with Crippen molar-refractivity contribution in [3.8, 4) is 0 Å².